The SMILES string of the molecule is Cc1cc2cc(OCCF)c(Br)cc2[nH]1. The first-order valence-corrected chi connectivity index (χ1v) is 5.47. The Morgan fingerprint density at radius 1 is 1.40 bits per heavy atom. The Hall–Kier alpha value is -1.03. The molecule has 0 fully saturated rings. The maximum Gasteiger partial charge on any atom is 0.134 e. The van der Waals surface area contributed by atoms with Crippen LogP contribution in [-0.2, 0) is 0 Å². The summed E-state index contributed by atoms with van der Waals surface area (Å²) in [7, 11) is 0. The van der Waals surface area contributed by atoms with Gasteiger partial charge in [-0.1, -0.05) is 0 Å². The lowest BCUT2D eigenvalue weighted by Crippen LogP contribution is -1.98. The molecule has 15 heavy (non-hydrogen) atoms. The molecule has 0 aliphatic heterocycles. The van der Waals surface area contributed by atoms with Crippen molar-refractivity contribution >= 4 is 26.8 Å². The van der Waals surface area contributed by atoms with Gasteiger partial charge in [0.15, 0.2) is 0 Å². The Morgan fingerprint density at radius 2 is 2.20 bits per heavy atom. The monoisotopic (exact) mass is 271 g/mol. The second-order valence-corrected chi connectivity index (χ2v) is 4.21. The Kier molecular flexibility index (Phi) is 2.95. The summed E-state index contributed by atoms with van der Waals surface area (Å²) in [5, 5.41) is 1.07. The molecule has 0 saturated carbocycles. The van der Waals surface area contributed by atoms with Gasteiger partial charge in [0, 0.05) is 16.6 Å². The third-order valence-electron chi connectivity index (χ3n) is 2.14. The Morgan fingerprint density at radius 3 is 2.93 bits per heavy atom. The number of benzene rings is 1. The van der Waals surface area contributed by atoms with Crippen LogP contribution in [-0.4, -0.2) is 18.3 Å². The van der Waals surface area contributed by atoms with Gasteiger partial charge in [0.2, 0.25) is 0 Å². The number of aromatic nitrogens is 1. The van der Waals surface area contributed by atoms with Gasteiger partial charge < -0.3 is 9.72 Å². The quantitative estimate of drug-likeness (QED) is 0.907. The van der Waals surface area contributed by atoms with Crippen LogP contribution in [0.15, 0.2) is 22.7 Å². The number of aromatic amines is 1. The molecule has 1 heterocycles. The average Bonchev–Trinajstić information content (AvgIpc) is 2.53. The number of rotatable bonds is 3. The minimum absolute atomic E-state index is 0.0908. The van der Waals surface area contributed by atoms with E-state index in [1.165, 1.54) is 0 Å². The number of alkyl halides is 1. The molecule has 4 heteroatoms. The molecule has 1 aromatic carbocycles. The van der Waals surface area contributed by atoms with Crippen LogP contribution in [0.3, 0.4) is 0 Å². The number of aryl methyl sites for hydroxylation is 1. The first-order valence-electron chi connectivity index (χ1n) is 4.68. The number of hydrogen-bond acceptors (Lipinski definition) is 1. The number of hydrogen-bond donors (Lipinski definition) is 1. The minimum atomic E-state index is -0.476. The molecule has 0 atom stereocenters. The van der Waals surface area contributed by atoms with Crippen molar-refractivity contribution in [1.29, 1.82) is 0 Å². The highest BCUT2D eigenvalue weighted by atomic mass is 79.9. The summed E-state index contributed by atoms with van der Waals surface area (Å²) in [6, 6.07) is 5.87. The molecule has 0 amide bonds. The zero-order valence-corrected chi connectivity index (χ0v) is 9.90. The highest BCUT2D eigenvalue weighted by molar-refractivity contribution is 9.10. The van der Waals surface area contributed by atoms with E-state index in [2.05, 4.69) is 20.9 Å². The Bertz CT molecular complexity index is 481. The molecular formula is C11H11BrFNO. The first-order chi connectivity index (χ1) is 7.20. The van der Waals surface area contributed by atoms with E-state index in [9.17, 15) is 4.39 Å². The fourth-order valence-electron chi connectivity index (χ4n) is 1.54. The molecule has 0 aliphatic rings. The summed E-state index contributed by atoms with van der Waals surface area (Å²) in [6.07, 6.45) is 0. The Balaban J connectivity index is 2.42. The van der Waals surface area contributed by atoms with Crippen molar-refractivity contribution in [1.82, 2.24) is 4.98 Å². The standard InChI is InChI=1S/C11H11BrFNO/c1-7-4-8-5-11(15-3-2-13)9(12)6-10(8)14-7/h4-6,14H,2-3H2,1H3. The number of fused-ring (bicyclic) bond motifs is 1. The molecule has 2 nitrogen and oxygen atoms in total. The summed E-state index contributed by atoms with van der Waals surface area (Å²) in [5.41, 5.74) is 2.14. The van der Waals surface area contributed by atoms with Gasteiger partial charge in [-0.05, 0) is 41.1 Å². The van der Waals surface area contributed by atoms with E-state index in [1.807, 2.05) is 25.1 Å². The molecule has 0 aliphatic carbocycles. The summed E-state index contributed by atoms with van der Waals surface area (Å²) >= 11 is 3.39. The number of nitrogens with one attached hydrogen (secondary N) is 1. The molecule has 80 valence electrons. The normalized spacial score (nSPS) is 10.9. The van der Waals surface area contributed by atoms with Crippen molar-refractivity contribution < 1.29 is 9.13 Å². The maximum absolute atomic E-state index is 12.0. The topological polar surface area (TPSA) is 25.0 Å². The smallest absolute Gasteiger partial charge is 0.134 e. The molecule has 0 saturated heterocycles. The van der Waals surface area contributed by atoms with Crippen LogP contribution in [0, 0.1) is 6.92 Å². The molecule has 0 bridgehead atoms. The van der Waals surface area contributed by atoms with Gasteiger partial charge in [-0.15, -0.1) is 0 Å². The summed E-state index contributed by atoms with van der Waals surface area (Å²) in [6.45, 7) is 1.61. The lowest BCUT2D eigenvalue weighted by atomic mass is 10.2. The van der Waals surface area contributed by atoms with E-state index in [1.54, 1.807) is 0 Å². The molecular weight excluding hydrogens is 261 g/mol. The third kappa shape index (κ3) is 2.15. The van der Waals surface area contributed by atoms with Crippen molar-refractivity contribution in [3.8, 4) is 5.75 Å². The zero-order valence-electron chi connectivity index (χ0n) is 8.31. The lowest BCUT2D eigenvalue weighted by Gasteiger charge is -2.05. The maximum atomic E-state index is 12.0. The van der Waals surface area contributed by atoms with Crippen molar-refractivity contribution in [2.45, 2.75) is 6.92 Å². The highest BCUT2D eigenvalue weighted by Gasteiger charge is 2.05. The van der Waals surface area contributed by atoms with E-state index >= 15 is 0 Å². The van der Waals surface area contributed by atoms with E-state index in [4.69, 9.17) is 4.74 Å². The van der Waals surface area contributed by atoms with Gasteiger partial charge in [-0.25, -0.2) is 4.39 Å². The summed E-state index contributed by atoms with van der Waals surface area (Å²) in [5.74, 6) is 0.680. The van der Waals surface area contributed by atoms with Gasteiger partial charge in [0.1, 0.15) is 19.0 Å². The molecule has 1 aromatic heterocycles. The van der Waals surface area contributed by atoms with Crippen molar-refractivity contribution in [2.24, 2.45) is 0 Å². The zero-order chi connectivity index (χ0) is 10.8. The van der Waals surface area contributed by atoms with Crippen molar-refractivity contribution in [3.63, 3.8) is 0 Å². The van der Waals surface area contributed by atoms with Crippen LogP contribution >= 0.6 is 15.9 Å². The van der Waals surface area contributed by atoms with E-state index in [0.29, 0.717) is 5.75 Å². The molecule has 0 radical (unpaired) electrons. The average molecular weight is 272 g/mol. The van der Waals surface area contributed by atoms with Crippen LogP contribution < -0.4 is 4.74 Å². The van der Waals surface area contributed by atoms with E-state index < -0.39 is 6.67 Å². The van der Waals surface area contributed by atoms with E-state index in [0.717, 1.165) is 21.1 Å². The van der Waals surface area contributed by atoms with E-state index in [-0.39, 0.29) is 6.61 Å². The van der Waals surface area contributed by atoms with Crippen LogP contribution in [0.2, 0.25) is 0 Å². The van der Waals surface area contributed by atoms with Crippen molar-refractivity contribution in [2.75, 3.05) is 13.3 Å². The van der Waals surface area contributed by atoms with Gasteiger partial charge in [-0.3, -0.25) is 0 Å². The predicted molar refractivity (Wildman–Crippen MR) is 62.2 cm³/mol. The fourth-order valence-corrected chi connectivity index (χ4v) is 2.00. The number of halogens is 2. The Labute approximate surface area is 95.6 Å². The summed E-state index contributed by atoms with van der Waals surface area (Å²) < 4.78 is 18.1. The van der Waals surface area contributed by atoms with Crippen LogP contribution in [0.4, 0.5) is 4.39 Å². The third-order valence-corrected chi connectivity index (χ3v) is 2.76. The lowest BCUT2D eigenvalue weighted by molar-refractivity contribution is 0.272. The van der Waals surface area contributed by atoms with Gasteiger partial charge in [-0.2, -0.15) is 0 Å². The molecule has 2 rings (SSSR count). The molecule has 1 N–H and O–H groups in total. The number of ether oxygens (including phenoxy) is 1. The van der Waals surface area contributed by atoms with Gasteiger partial charge in [0.05, 0.1) is 4.47 Å². The van der Waals surface area contributed by atoms with Crippen LogP contribution in [0.1, 0.15) is 5.69 Å². The summed E-state index contributed by atoms with van der Waals surface area (Å²) in [4.78, 5) is 3.22. The number of H-pyrrole nitrogens is 1. The molecule has 0 spiro atoms. The van der Waals surface area contributed by atoms with Gasteiger partial charge in [0.25, 0.3) is 0 Å². The van der Waals surface area contributed by atoms with Crippen LogP contribution in [0.25, 0.3) is 10.9 Å². The fraction of sp³-hybridized carbons (Fsp3) is 0.273. The van der Waals surface area contributed by atoms with Crippen LogP contribution in [0.5, 0.6) is 5.75 Å². The highest BCUT2D eigenvalue weighted by Crippen LogP contribution is 2.30. The van der Waals surface area contributed by atoms with Crippen molar-refractivity contribution in [3.05, 3.63) is 28.4 Å². The predicted octanol–water partition coefficient (Wildman–Crippen LogP) is 3.59. The largest absolute Gasteiger partial charge is 0.490 e. The minimum Gasteiger partial charge on any atom is -0.490 e. The van der Waals surface area contributed by atoms with Gasteiger partial charge >= 0.3 is 0 Å². The second kappa shape index (κ2) is 4.23. The first kappa shape index (κ1) is 10.5. The second-order valence-electron chi connectivity index (χ2n) is 3.36. The molecule has 0 unspecified atom stereocenters. The molecule has 2 aromatic rings.